The second-order valence-corrected chi connectivity index (χ2v) is 5.49. The molecule has 0 saturated carbocycles. The number of halogens is 1. The molecule has 0 aliphatic carbocycles. The Morgan fingerprint density at radius 2 is 2.05 bits per heavy atom. The molecule has 1 rings (SSSR count). The van der Waals surface area contributed by atoms with Crippen LogP contribution in [-0.2, 0) is 0 Å². The molecule has 0 atom stereocenters. The van der Waals surface area contributed by atoms with Crippen molar-refractivity contribution >= 4 is 17.3 Å². The lowest BCUT2D eigenvalue weighted by molar-refractivity contribution is 0.100. The summed E-state index contributed by atoms with van der Waals surface area (Å²) >= 11 is 0. The van der Waals surface area contributed by atoms with Crippen molar-refractivity contribution in [3.8, 4) is 0 Å². The van der Waals surface area contributed by atoms with E-state index in [1.165, 1.54) is 6.07 Å². The zero-order valence-corrected chi connectivity index (χ0v) is 12.9. The van der Waals surface area contributed by atoms with Gasteiger partial charge in [0.1, 0.15) is 5.82 Å². The lowest BCUT2D eigenvalue weighted by Crippen LogP contribution is -2.27. The molecule has 6 heteroatoms. The first-order chi connectivity index (χ1) is 9.82. The molecule has 0 spiro atoms. The number of carbonyl (C=O) groups is 1. The number of hydrogen-bond donors (Lipinski definition) is 3. The van der Waals surface area contributed by atoms with Crippen LogP contribution < -0.4 is 16.8 Å². The highest BCUT2D eigenvalue weighted by atomic mass is 19.1. The summed E-state index contributed by atoms with van der Waals surface area (Å²) in [7, 11) is 2.08. The van der Waals surface area contributed by atoms with E-state index in [-0.39, 0.29) is 16.9 Å². The number of amides is 1. The summed E-state index contributed by atoms with van der Waals surface area (Å²) in [5, 5.41) is 2.98. The molecule has 21 heavy (non-hydrogen) atoms. The van der Waals surface area contributed by atoms with Gasteiger partial charge in [-0.2, -0.15) is 0 Å². The molecular formula is C15H25FN4O. The van der Waals surface area contributed by atoms with Gasteiger partial charge in [0.05, 0.1) is 11.3 Å². The van der Waals surface area contributed by atoms with Crippen LogP contribution in [0.25, 0.3) is 0 Å². The summed E-state index contributed by atoms with van der Waals surface area (Å²) < 4.78 is 13.7. The third-order valence-electron chi connectivity index (χ3n) is 3.54. The van der Waals surface area contributed by atoms with Gasteiger partial charge in [0.15, 0.2) is 0 Å². The van der Waals surface area contributed by atoms with Gasteiger partial charge in [0, 0.05) is 18.3 Å². The highest BCUT2D eigenvalue weighted by Crippen LogP contribution is 2.21. The van der Waals surface area contributed by atoms with E-state index in [2.05, 4.69) is 31.1 Å². The molecule has 5 nitrogen and oxygen atoms in total. The molecule has 0 bridgehead atoms. The number of unbranched alkanes of at least 4 members (excludes halogenated alkanes) is 1. The number of hydrogen-bond acceptors (Lipinski definition) is 4. The minimum absolute atomic E-state index is 0.0594. The van der Waals surface area contributed by atoms with Crippen molar-refractivity contribution in [1.82, 2.24) is 4.90 Å². The van der Waals surface area contributed by atoms with Crippen LogP contribution in [0.15, 0.2) is 12.1 Å². The van der Waals surface area contributed by atoms with Crippen LogP contribution in [0.3, 0.4) is 0 Å². The molecule has 0 fully saturated rings. The number of nitrogens with zero attached hydrogens (tertiary/aromatic N) is 1. The zero-order chi connectivity index (χ0) is 16.0. The van der Waals surface area contributed by atoms with Gasteiger partial charge in [-0.1, -0.05) is 0 Å². The standard InChI is InChI=1S/C15H25FN4O/c1-10(2)20(3)7-5-4-6-19-14-8-11(15(18)21)13(17)9-12(14)16/h8-10,19H,4-7,17H2,1-3H3,(H2,18,21). The molecule has 0 radical (unpaired) electrons. The molecular weight excluding hydrogens is 271 g/mol. The summed E-state index contributed by atoms with van der Waals surface area (Å²) in [5.41, 5.74) is 11.2. The van der Waals surface area contributed by atoms with Crippen molar-refractivity contribution in [3.63, 3.8) is 0 Å². The van der Waals surface area contributed by atoms with Crippen molar-refractivity contribution in [2.75, 3.05) is 31.2 Å². The van der Waals surface area contributed by atoms with Gasteiger partial charge in [0.2, 0.25) is 0 Å². The monoisotopic (exact) mass is 296 g/mol. The molecule has 0 heterocycles. The van der Waals surface area contributed by atoms with Crippen LogP contribution in [-0.4, -0.2) is 37.0 Å². The first-order valence-corrected chi connectivity index (χ1v) is 7.16. The number of nitrogen functional groups attached to an aromatic ring is 1. The summed E-state index contributed by atoms with van der Waals surface area (Å²) in [6, 6.07) is 3.01. The fourth-order valence-corrected chi connectivity index (χ4v) is 1.90. The number of rotatable bonds is 8. The van der Waals surface area contributed by atoms with E-state index >= 15 is 0 Å². The predicted octanol–water partition coefficient (Wildman–Crippen LogP) is 2.04. The molecule has 118 valence electrons. The average molecular weight is 296 g/mol. The average Bonchev–Trinajstić information content (AvgIpc) is 2.39. The molecule has 1 aromatic rings. The molecule has 0 aliphatic rings. The van der Waals surface area contributed by atoms with Gasteiger partial charge in [-0.15, -0.1) is 0 Å². The molecule has 0 aliphatic heterocycles. The van der Waals surface area contributed by atoms with Crippen LogP contribution in [0.4, 0.5) is 15.8 Å². The molecule has 1 aromatic carbocycles. The molecule has 0 saturated heterocycles. The van der Waals surface area contributed by atoms with E-state index in [9.17, 15) is 9.18 Å². The van der Waals surface area contributed by atoms with E-state index in [0.29, 0.717) is 12.6 Å². The summed E-state index contributed by atoms with van der Waals surface area (Å²) in [4.78, 5) is 13.4. The maximum atomic E-state index is 13.7. The second kappa shape index (κ2) is 7.83. The first-order valence-electron chi connectivity index (χ1n) is 7.16. The Morgan fingerprint density at radius 3 is 2.62 bits per heavy atom. The minimum Gasteiger partial charge on any atom is -0.398 e. The number of primary amides is 1. The summed E-state index contributed by atoms with van der Waals surface area (Å²) in [6.45, 7) is 5.92. The Morgan fingerprint density at radius 1 is 1.38 bits per heavy atom. The van der Waals surface area contributed by atoms with Crippen LogP contribution in [0.5, 0.6) is 0 Å². The zero-order valence-electron chi connectivity index (χ0n) is 12.9. The Kier molecular flexibility index (Phi) is 6.42. The Balaban J connectivity index is 2.49. The topological polar surface area (TPSA) is 84.4 Å². The van der Waals surface area contributed by atoms with E-state index in [1.807, 2.05) is 0 Å². The van der Waals surface area contributed by atoms with E-state index in [1.54, 1.807) is 0 Å². The molecule has 0 aromatic heterocycles. The van der Waals surface area contributed by atoms with E-state index < -0.39 is 11.7 Å². The molecule has 1 amide bonds. The van der Waals surface area contributed by atoms with E-state index in [0.717, 1.165) is 25.5 Å². The summed E-state index contributed by atoms with van der Waals surface area (Å²) in [5.74, 6) is -1.13. The predicted molar refractivity (Wildman–Crippen MR) is 84.8 cm³/mol. The van der Waals surface area contributed by atoms with Gasteiger partial charge in [-0.3, -0.25) is 4.79 Å². The number of nitrogens with one attached hydrogen (secondary N) is 1. The Bertz CT molecular complexity index is 491. The van der Waals surface area contributed by atoms with Crippen molar-refractivity contribution in [1.29, 1.82) is 0 Å². The number of benzene rings is 1. The fourth-order valence-electron chi connectivity index (χ4n) is 1.90. The van der Waals surface area contributed by atoms with Crippen LogP contribution >= 0.6 is 0 Å². The number of anilines is 2. The van der Waals surface area contributed by atoms with E-state index in [4.69, 9.17) is 11.5 Å². The fraction of sp³-hybridized carbons (Fsp3) is 0.533. The Labute approximate surface area is 125 Å². The second-order valence-electron chi connectivity index (χ2n) is 5.49. The van der Waals surface area contributed by atoms with Crippen LogP contribution in [0.1, 0.15) is 37.0 Å². The van der Waals surface area contributed by atoms with Crippen molar-refractivity contribution in [3.05, 3.63) is 23.5 Å². The van der Waals surface area contributed by atoms with Gasteiger partial charge < -0.3 is 21.7 Å². The third-order valence-corrected chi connectivity index (χ3v) is 3.54. The lowest BCUT2D eigenvalue weighted by Gasteiger charge is -2.20. The van der Waals surface area contributed by atoms with Crippen molar-refractivity contribution in [2.24, 2.45) is 5.73 Å². The maximum absolute atomic E-state index is 13.7. The minimum atomic E-state index is -0.658. The normalized spacial score (nSPS) is 11.1. The van der Waals surface area contributed by atoms with Gasteiger partial charge in [-0.05, 0) is 52.4 Å². The van der Waals surface area contributed by atoms with Crippen LogP contribution in [0.2, 0.25) is 0 Å². The first kappa shape index (κ1) is 17.2. The summed E-state index contributed by atoms with van der Waals surface area (Å²) in [6.07, 6.45) is 1.92. The van der Waals surface area contributed by atoms with Gasteiger partial charge in [0.25, 0.3) is 5.91 Å². The Hall–Kier alpha value is -1.82. The van der Waals surface area contributed by atoms with Crippen molar-refractivity contribution < 1.29 is 9.18 Å². The third kappa shape index (κ3) is 5.23. The van der Waals surface area contributed by atoms with Crippen molar-refractivity contribution in [2.45, 2.75) is 32.7 Å². The molecule has 5 N–H and O–H groups in total. The smallest absolute Gasteiger partial charge is 0.250 e. The SMILES string of the molecule is CC(C)N(C)CCCCNc1cc(C(N)=O)c(N)cc1F. The largest absolute Gasteiger partial charge is 0.398 e. The lowest BCUT2D eigenvalue weighted by atomic mass is 10.1. The highest BCUT2D eigenvalue weighted by molar-refractivity contribution is 5.99. The molecule has 0 unspecified atom stereocenters. The number of carbonyl (C=O) groups excluding carboxylic acids is 1. The van der Waals surface area contributed by atoms with Crippen LogP contribution in [0, 0.1) is 5.82 Å². The highest BCUT2D eigenvalue weighted by Gasteiger charge is 2.11. The quantitative estimate of drug-likeness (QED) is 0.506. The maximum Gasteiger partial charge on any atom is 0.250 e. The number of nitrogens with two attached hydrogens (primary N) is 2. The van der Waals surface area contributed by atoms with Gasteiger partial charge >= 0.3 is 0 Å². The van der Waals surface area contributed by atoms with Gasteiger partial charge in [-0.25, -0.2) is 4.39 Å².